The molecule has 0 bridgehead atoms. The van der Waals surface area contributed by atoms with Crippen LogP contribution in [0, 0.1) is 17.1 Å². The van der Waals surface area contributed by atoms with Crippen molar-refractivity contribution in [2.24, 2.45) is 0 Å². The van der Waals surface area contributed by atoms with Crippen LogP contribution in [-0.2, 0) is 6.42 Å². The lowest BCUT2D eigenvalue weighted by molar-refractivity contribution is 0.634. The quantitative estimate of drug-likeness (QED) is 0.729. The van der Waals surface area contributed by atoms with Gasteiger partial charge in [0.15, 0.2) is 0 Å². The summed E-state index contributed by atoms with van der Waals surface area (Å²) in [6, 6.07) is 5.05. The molecule has 0 saturated carbocycles. The summed E-state index contributed by atoms with van der Waals surface area (Å²) < 4.78 is 14.1. The van der Waals surface area contributed by atoms with Crippen LogP contribution in [0.1, 0.15) is 5.56 Å². The largest absolute Gasteiger partial charge is 0.396 e. The number of nitrogens with zero attached hydrogens (tertiary/aromatic N) is 1. The fraction of sp³-hybridized carbons (Fsp3) is 0.100. The molecule has 0 aliphatic carbocycles. The van der Waals surface area contributed by atoms with Crippen LogP contribution >= 0.6 is 11.3 Å². The molecule has 2 N–H and O–H groups in total. The highest BCUT2D eigenvalue weighted by molar-refractivity contribution is 7.17. The Morgan fingerprint density at radius 3 is 3.00 bits per heavy atom. The zero-order chi connectivity index (χ0) is 10.1. The second-order valence-electron chi connectivity index (χ2n) is 2.97. The third-order valence-corrected chi connectivity index (χ3v) is 3.04. The van der Waals surface area contributed by atoms with Crippen molar-refractivity contribution in [2.45, 2.75) is 6.42 Å². The van der Waals surface area contributed by atoms with Gasteiger partial charge in [-0.1, -0.05) is 0 Å². The predicted molar refractivity (Wildman–Crippen MR) is 55.5 cm³/mol. The van der Waals surface area contributed by atoms with Gasteiger partial charge in [-0.05, 0) is 28.5 Å². The number of thiophene rings is 1. The minimum Gasteiger partial charge on any atom is -0.396 e. The van der Waals surface area contributed by atoms with E-state index >= 15 is 0 Å². The number of halogens is 1. The molecule has 2 nitrogen and oxygen atoms in total. The maximum atomic E-state index is 13.1. The number of benzene rings is 1. The van der Waals surface area contributed by atoms with Crippen molar-refractivity contribution in [3.63, 3.8) is 0 Å². The number of rotatable bonds is 1. The molecule has 0 aliphatic heterocycles. The minimum atomic E-state index is -0.421. The lowest BCUT2D eigenvalue weighted by Gasteiger charge is -1.97. The minimum absolute atomic E-state index is 0.155. The number of hydrogen-bond acceptors (Lipinski definition) is 3. The van der Waals surface area contributed by atoms with Crippen LogP contribution in [0.25, 0.3) is 10.1 Å². The van der Waals surface area contributed by atoms with Crippen molar-refractivity contribution in [3.8, 4) is 6.07 Å². The Morgan fingerprint density at radius 1 is 1.50 bits per heavy atom. The highest BCUT2D eigenvalue weighted by Gasteiger charge is 2.07. The average Bonchev–Trinajstić information content (AvgIpc) is 2.51. The molecule has 0 aliphatic rings. The first-order valence-corrected chi connectivity index (χ1v) is 4.92. The summed E-state index contributed by atoms with van der Waals surface area (Å²) in [6.07, 6.45) is 0.309. The van der Waals surface area contributed by atoms with E-state index in [0.717, 1.165) is 15.6 Å². The van der Waals surface area contributed by atoms with E-state index in [1.54, 1.807) is 6.07 Å². The van der Waals surface area contributed by atoms with Gasteiger partial charge in [0.2, 0.25) is 0 Å². The van der Waals surface area contributed by atoms with Crippen molar-refractivity contribution in [1.82, 2.24) is 0 Å². The number of anilines is 1. The molecule has 0 fully saturated rings. The van der Waals surface area contributed by atoms with Crippen molar-refractivity contribution < 1.29 is 4.39 Å². The number of nitrogen functional groups attached to an aromatic ring is 1. The molecule has 1 aromatic heterocycles. The summed E-state index contributed by atoms with van der Waals surface area (Å²) in [7, 11) is 0. The van der Waals surface area contributed by atoms with E-state index in [2.05, 4.69) is 0 Å². The van der Waals surface area contributed by atoms with E-state index in [9.17, 15) is 4.39 Å². The number of nitrogens with two attached hydrogens (primary N) is 1. The number of nitriles is 1. The Kier molecular flexibility index (Phi) is 2.10. The van der Waals surface area contributed by atoms with Gasteiger partial charge >= 0.3 is 0 Å². The van der Waals surface area contributed by atoms with Crippen LogP contribution in [0.5, 0.6) is 0 Å². The van der Waals surface area contributed by atoms with Gasteiger partial charge < -0.3 is 5.73 Å². The molecule has 2 rings (SSSR count). The van der Waals surface area contributed by atoms with Crippen molar-refractivity contribution in [3.05, 3.63) is 28.9 Å². The van der Waals surface area contributed by atoms with Gasteiger partial charge in [-0.15, -0.1) is 11.3 Å². The molecular formula is C10H7FN2S. The molecule has 0 spiro atoms. The molecule has 0 unspecified atom stereocenters. The smallest absolute Gasteiger partial charge is 0.146 e. The van der Waals surface area contributed by atoms with Crippen LogP contribution in [0.15, 0.2) is 17.5 Å². The van der Waals surface area contributed by atoms with Gasteiger partial charge in [-0.3, -0.25) is 0 Å². The van der Waals surface area contributed by atoms with Crippen LogP contribution in [0.4, 0.5) is 10.1 Å². The number of fused-ring (bicyclic) bond motifs is 1. The maximum absolute atomic E-state index is 13.1. The third kappa shape index (κ3) is 1.32. The van der Waals surface area contributed by atoms with Crippen LogP contribution < -0.4 is 5.73 Å². The average molecular weight is 206 g/mol. The Labute approximate surface area is 84.4 Å². The van der Waals surface area contributed by atoms with E-state index < -0.39 is 5.82 Å². The van der Waals surface area contributed by atoms with Crippen molar-refractivity contribution in [2.75, 3.05) is 5.73 Å². The highest BCUT2D eigenvalue weighted by Crippen LogP contribution is 2.29. The second kappa shape index (κ2) is 3.28. The topological polar surface area (TPSA) is 49.8 Å². The molecular weight excluding hydrogens is 199 g/mol. The fourth-order valence-electron chi connectivity index (χ4n) is 1.34. The Balaban J connectivity index is 2.69. The first kappa shape index (κ1) is 8.97. The van der Waals surface area contributed by atoms with E-state index in [1.165, 1.54) is 17.4 Å². The third-order valence-electron chi connectivity index (χ3n) is 2.04. The summed E-state index contributed by atoms with van der Waals surface area (Å²) >= 11 is 1.48. The van der Waals surface area contributed by atoms with Gasteiger partial charge in [0.05, 0.1) is 18.2 Å². The van der Waals surface area contributed by atoms with Gasteiger partial charge in [0.25, 0.3) is 0 Å². The Hall–Kier alpha value is -1.60. The molecule has 1 heterocycles. The zero-order valence-corrected chi connectivity index (χ0v) is 8.07. The van der Waals surface area contributed by atoms with Gasteiger partial charge in [-0.25, -0.2) is 4.39 Å². The molecule has 0 amide bonds. The maximum Gasteiger partial charge on any atom is 0.146 e. The van der Waals surface area contributed by atoms with Gasteiger partial charge in [0.1, 0.15) is 5.82 Å². The zero-order valence-electron chi connectivity index (χ0n) is 7.25. The van der Waals surface area contributed by atoms with Crippen molar-refractivity contribution >= 4 is 27.1 Å². The van der Waals surface area contributed by atoms with E-state index in [-0.39, 0.29) is 5.69 Å². The molecule has 70 valence electrons. The molecule has 4 heteroatoms. The van der Waals surface area contributed by atoms with Crippen LogP contribution in [0.3, 0.4) is 0 Å². The number of hydrogen-bond donors (Lipinski definition) is 1. The standard InChI is InChI=1S/C10H7FN2S/c11-8-3-7-6(1-2-12)5-14-10(7)4-9(8)13/h3-5H,1,13H2. The molecule has 1 aromatic carbocycles. The Bertz CT molecular complexity index is 525. The monoisotopic (exact) mass is 206 g/mol. The van der Waals surface area contributed by atoms with E-state index in [1.807, 2.05) is 11.4 Å². The normalized spacial score (nSPS) is 10.3. The SMILES string of the molecule is N#CCc1csc2cc(N)c(F)cc12. The van der Waals surface area contributed by atoms with Gasteiger partial charge in [0, 0.05) is 4.70 Å². The molecule has 2 aromatic rings. The first-order valence-electron chi connectivity index (χ1n) is 4.04. The predicted octanol–water partition coefficient (Wildman–Crippen LogP) is 2.69. The highest BCUT2D eigenvalue weighted by atomic mass is 32.1. The van der Waals surface area contributed by atoms with Crippen LogP contribution in [0.2, 0.25) is 0 Å². The lowest BCUT2D eigenvalue weighted by atomic mass is 10.1. The fourth-order valence-corrected chi connectivity index (χ4v) is 2.33. The summed E-state index contributed by atoms with van der Waals surface area (Å²) in [5.74, 6) is -0.421. The second-order valence-corrected chi connectivity index (χ2v) is 3.88. The molecule has 0 radical (unpaired) electrons. The molecule has 0 saturated heterocycles. The van der Waals surface area contributed by atoms with E-state index in [4.69, 9.17) is 11.0 Å². The van der Waals surface area contributed by atoms with Crippen molar-refractivity contribution in [1.29, 1.82) is 5.26 Å². The molecule has 14 heavy (non-hydrogen) atoms. The summed E-state index contributed by atoms with van der Waals surface area (Å²) in [6.45, 7) is 0. The summed E-state index contributed by atoms with van der Waals surface area (Å²) in [5, 5.41) is 11.2. The first-order chi connectivity index (χ1) is 6.72. The summed E-state index contributed by atoms with van der Waals surface area (Å²) in [5.41, 5.74) is 6.46. The van der Waals surface area contributed by atoms with Crippen LogP contribution in [-0.4, -0.2) is 0 Å². The molecule has 0 atom stereocenters. The Morgan fingerprint density at radius 2 is 2.29 bits per heavy atom. The van der Waals surface area contributed by atoms with E-state index in [0.29, 0.717) is 6.42 Å². The summed E-state index contributed by atoms with van der Waals surface area (Å²) in [4.78, 5) is 0. The lowest BCUT2D eigenvalue weighted by Crippen LogP contribution is -1.89. The van der Waals surface area contributed by atoms with Gasteiger partial charge in [-0.2, -0.15) is 5.26 Å².